The Balaban J connectivity index is 1.90. The van der Waals surface area contributed by atoms with Gasteiger partial charge in [-0.1, -0.05) is 17.7 Å². The highest BCUT2D eigenvalue weighted by Gasteiger charge is 2.25. The first-order chi connectivity index (χ1) is 15.6. The Bertz CT molecular complexity index is 1530. The van der Waals surface area contributed by atoms with E-state index in [-0.39, 0.29) is 21.2 Å². The molecule has 0 aliphatic carbocycles. The van der Waals surface area contributed by atoms with Crippen molar-refractivity contribution in [3.8, 4) is 5.75 Å². The Morgan fingerprint density at radius 2 is 1.48 bits per heavy atom. The van der Waals surface area contributed by atoms with Crippen molar-refractivity contribution in [1.29, 1.82) is 0 Å². The molecule has 0 atom stereocenters. The second-order valence-corrected chi connectivity index (χ2v) is 9.65. The Morgan fingerprint density at radius 1 is 0.909 bits per heavy atom. The van der Waals surface area contributed by atoms with Gasteiger partial charge in [-0.25, -0.2) is 13.2 Å². The van der Waals surface area contributed by atoms with E-state index in [4.69, 9.17) is 4.74 Å². The van der Waals surface area contributed by atoms with Crippen molar-refractivity contribution in [2.75, 3.05) is 12.4 Å². The topological polar surface area (TPSA) is 99.4 Å². The summed E-state index contributed by atoms with van der Waals surface area (Å²) < 4.78 is 35.0. The number of amides is 1. The van der Waals surface area contributed by atoms with Crippen molar-refractivity contribution >= 4 is 32.5 Å². The summed E-state index contributed by atoms with van der Waals surface area (Å²) >= 11 is 0. The third-order valence-corrected chi connectivity index (χ3v) is 7.40. The van der Waals surface area contributed by atoms with Gasteiger partial charge in [0.15, 0.2) is 0 Å². The van der Waals surface area contributed by atoms with Crippen molar-refractivity contribution in [2.45, 2.75) is 16.7 Å². The predicted molar refractivity (Wildman–Crippen MR) is 126 cm³/mol. The summed E-state index contributed by atoms with van der Waals surface area (Å²) in [6, 6.07) is 15.8. The summed E-state index contributed by atoms with van der Waals surface area (Å²) in [6.07, 6.45) is 0. The van der Waals surface area contributed by atoms with Gasteiger partial charge in [0, 0.05) is 19.7 Å². The maximum absolute atomic E-state index is 13.6. The molecule has 8 nitrogen and oxygen atoms in total. The lowest BCUT2D eigenvalue weighted by Gasteiger charge is -2.14. The van der Waals surface area contributed by atoms with Crippen LogP contribution in [0, 0.1) is 6.92 Å². The fraction of sp³-hybridized carbons (Fsp3) is 0.167. The van der Waals surface area contributed by atoms with E-state index in [1.807, 2.05) is 6.92 Å². The van der Waals surface area contributed by atoms with Crippen LogP contribution in [0.3, 0.4) is 0 Å². The quantitative estimate of drug-likeness (QED) is 0.488. The van der Waals surface area contributed by atoms with Crippen molar-refractivity contribution in [1.82, 2.24) is 9.13 Å². The maximum Gasteiger partial charge on any atom is 0.328 e. The summed E-state index contributed by atoms with van der Waals surface area (Å²) in [6.45, 7) is 1.91. The van der Waals surface area contributed by atoms with Gasteiger partial charge in [-0.2, -0.15) is 0 Å². The SMILES string of the molecule is COc1ccc(S(=O)(=O)c2cc3c(cc2NC(=O)c2ccc(C)cc2)n(C)c(=O)n3C)cc1. The molecule has 0 saturated heterocycles. The number of nitrogens with zero attached hydrogens (tertiary/aromatic N) is 2. The number of carbonyl (C=O) groups excluding carboxylic acids is 1. The molecule has 1 heterocycles. The highest BCUT2D eigenvalue weighted by atomic mass is 32.2. The average molecular weight is 466 g/mol. The number of hydrogen-bond acceptors (Lipinski definition) is 5. The van der Waals surface area contributed by atoms with E-state index in [0.717, 1.165) is 5.56 Å². The highest BCUT2D eigenvalue weighted by Crippen LogP contribution is 2.32. The molecule has 4 aromatic rings. The molecule has 1 amide bonds. The molecule has 1 aromatic heterocycles. The van der Waals surface area contributed by atoms with E-state index >= 15 is 0 Å². The fourth-order valence-corrected chi connectivity index (χ4v) is 5.04. The van der Waals surface area contributed by atoms with Crippen LogP contribution < -0.4 is 15.7 Å². The number of sulfone groups is 1. The minimum absolute atomic E-state index is 0.0365. The molecule has 1 N–H and O–H groups in total. The number of carbonyl (C=O) groups is 1. The molecule has 0 spiro atoms. The van der Waals surface area contributed by atoms with Gasteiger partial charge in [-0.3, -0.25) is 13.9 Å². The Labute approximate surface area is 191 Å². The van der Waals surface area contributed by atoms with Crippen molar-refractivity contribution < 1.29 is 17.9 Å². The summed E-state index contributed by atoms with van der Waals surface area (Å²) in [5, 5.41) is 2.73. The van der Waals surface area contributed by atoms with Crippen LogP contribution in [0.15, 0.2) is 75.2 Å². The van der Waals surface area contributed by atoms with Gasteiger partial charge in [0.05, 0.1) is 33.6 Å². The van der Waals surface area contributed by atoms with Crippen LogP contribution in [-0.2, 0) is 23.9 Å². The van der Waals surface area contributed by atoms with Crippen LogP contribution >= 0.6 is 0 Å². The molecule has 170 valence electrons. The number of rotatable bonds is 5. The monoisotopic (exact) mass is 465 g/mol. The van der Waals surface area contributed by atoms with Gasteiger partial charge in [0.25, 0.3) is 5.91 Å². The van der Waals surface area contributed by atoms with Crippen LogP contribution in [0.4, 0.5) is 5.69 Å². The first kappa shape index (κ1) is 22.3. The summed E-state index contributed by atoms with van der Waals surface area (Å²) in [4.78, 5) is 25.3. The van der Waals surface area contributed by atoms with Gasteiger partial charge in [-0.05, 0) is 55.5 Å². The van der Waals surface area contributed by atoms with Crippen LogP contribution in [0.5, 0.6) is 5.75 Å². The largest absolute Gasteiger partial charge is 0.497 e. The molecule has 0 radical (unpaired) electrons. The lowest BCUT2D eigenvalue weighted by molar-refractivity contribution is 0.102. The van der Waals surface area contributed by atoms with Gasteiger partial charge in [0.1, 0.15) is 5.75 Å². The number of imidazole rings is 1. The Morgan fingerprint density at radius 3 is 2.06 bits per heavy atom. The zero-order valence-corrected chi connectivity index (χ0v) is 19.4. The van der Waals surface area contributed by atoms with Crippen molar-refractivity contribution in [2.24, 2.45) is 14.1 Å². The molecule has 0 fully saturated rings. The van der Waals surface area contributed by atoms with E-state index < -0.39 is 15.7 Å². The fourth-order valence-electron chi connectivity index (χ4n) is 3.63. The van der Waals surface area contributed by atoms with Gasteiger partial charge >= 0.3 is 5.69 Å². The Kier molecular flexibility index (Phi) is 5.59. The number of anilines is 1. The van der Waals surface area contributed by atoms with E-state index in [9.17, 15) is 18.0 Å². The molecule has 9 heteroatoms. The van der Waals surface area contributed by atoms with Gasteiger partial charge in [-0.15, -0.1) is 0 Å². The van der Waals surface area contributed by atoms with Crippen LogP contribution in [0.2, 0.25) is 0 Å². The standard InChI is InChI=1S/C24H23N3O5S/c1-15-5-7-16(8-6-15)23(28)25-19-13-20-21(27(3)24(29)26(20)2)14-22(19)33(30,31)18-11-9-17(32-4)10-12-18/h5-14H,1-4H3,(H,25,28). The molecule has 0 bridgehead atoms. The number of fused-ring (bicyclic) bond motifs is 1. The smallest absolute Gasteiger partial charge is 0.328 e. The summed E-state index contributed by atoms with van der Waals surface area (Å²) in [5.74, 6) is 0.0595. The van der Waals surface area contributed by atoms with Crippen LogP contribution in [0.25, 0.3) is 11.0 Å². The molecule has 3 aromatic carbocycles. The number of aromatic nitrogens is 2. The zero-order valence-electron chi connectivity index (χ0n) is 18.6. The molecule has 0 unspecified atom stereocenters. The van der Waals surface area contributed by atoms with Gasteiger partial charge in [0.2, 0.25) is 9.84 Å². The van der Waals surface area contributed by atoms with Crippen molar-refractivity contribution in [3.05, 3.63) is 82.3 Å². The Hall–Kier alpha value is -3.85. The van der Waals surface area contributed by atoms with E-state index in [2.05, 4.69) is 5.32 Å². The second-order valence-electron chi connectivity index (χ2n) is 7.74. The number of nitrogens with one attached hydrogen (secondary N) is 1. The molecule has 0 saturated carbocycles. The number of benzene rings is 3. The molecule has 33 heavy (non-hydrogen) atoms. The molecule has 0 aliphatic heterocycles. The average Bonchev–Trinajstić information content (AvgIpc) is 3.02. The molecule has 0 aliphatic rings. The lowest BCUT2D eigenvalue weighted by atomic mass is 10.1. The maximum atomic E-state index is 13.6. The van der Waals surface area contributed by atoms with Crippen LogP contribution in [0.1, 0.15) is 15.9 Å². The molecular formula is C24H23N3O5S. The number of methoxy groups -OCH3 is 1. The number of aryl methyl sites for hydroxylation is 3. The molecular weight excluding hydrogens is 442 g/mol. The number of hydrogen-bond donors (Lipinski definition) is 1. The lowest BCUT2D eigenvalue weighted by Crippen LogP contribution is -2.19. The third kappa shape index (κ3) is 3.91. The van der Waals surface area contributed by atoms with E-state index in [0.29, 0.717) is 22.3 Å². The number of ether oxygens (including phenoxy) is 1. The second kappa shape index (κ2) is 8.25. The summed E-state index contributed by atoms with van der Waals surface area (Å²) in [5.41, 5.74) is 2.09. The third-order valence-electron chi connectivity index (χ3n) is 5.59. The van der Waals surface area contributed by atoms with E-state index in [1.165, 1.54) is 40.5 Å². The highest BCUT2D eigenvalue weighted by molar-refractivity contribution is 7.91. The first-order valence-electron chi connectivity index (χ1n) is 10.1. The van der Waals surface area contributed by atoms with Crippen molar-refractivity contribution in [3.63, 3.8) is 0 Å². The zero-order chi connectivity index (χ0) is 23.9. The van der Waals surface area contributed by atoms with E-state index in [1.54, 1.807) is 50.5 Å². The van der Waals surface area contributed by atoms with Crippen LogP contribution in [-0.4, -0.2) is 30.6 Å². The minimum Gasteiger partial charge on any atom is -0.497 e. The molecule has 4 rings (SSSR count). The first-order valence-corrected chi connectivity index (χ1v) is 11.6. The van der Waals surface area contributed by atoms with Gasteiger partial charge < -0.3 is 10.1 Å². The normalized spacial score (nSPS) is 11.5. The minimum atomic E-state index is -4.04. The summed E-state index contributed by atoms with van der Waals surface area (Å²) in [7, 11) is 0.616. The predicted octanol–water partition coefficient (Wildman–Crippen LogP) is 3.28.